The zero-order valence-electron chi connectivity index (χ0n) is 12.7. The van der Waals surface area contributed by atoms with Crippen molar-refractivity contribution in [1.29, 1.82) is 0 Å². The summed E-state index contributed by atoms with van der Waals surface area (Å²) in [6.45, 7) is 0. The lowest BCUT2D eigenvalue weighted by molar-refractivity contribution is -0.660. The van der Waals surface area contributed by atoms with Crippen LogP contribution in [0.1, 0.15) is 37.2 Å². The van der Waals surface area contributed by atoms with E-state index in [0.29, 0.717) is 0 Å². The standard InChI is InChI=1S/C17H21N4/c1-19-9-7-14(13-5-3-4-6-13)11-15(19)16-12-21-10-8-18-17(21)20(16)2/h7-13H,3-6H2,1-2H3/q+1. The molecule has 0 saturated heterocycles. The molecule has 108 valence electrons. The van der Waals surface area contributed by atoms with Gasteiger partial charge in [-0.2, -0.15) is 4.57 Å². The summed E-state index contributed by atoms with van der Waals surface area (Å²) in [5.74, 6) is 1.73. The summed E-state index contributed by atoms with van der Waals surface area (Å²) in [4.78, 5) is 4.41. The topological polar surface area (TPSA) is 26.1 Å². The Hall–Kier alpha value is -2.10. The van der Waals surface area contributed by atoms with Crippen molar-refractivity contribution in [2.45, 2.75) is 31.6 Å². The minimum Gasteiger partial charge on any atom is -0.308 e. The van der Waals surface area contributed by atoms with Gasteiger partial charge in [-0.05, 0) is 24.3 Å². The van der Waals surface area contributed by atoms with Crippen molar-refractivity contribution in [2.75, 3.05) is 0 Å². The summed E-state index contributed by atoms with van der Waals surface area (Å²) >= 11 is 0. The van der Waals surface area contributed by atoms with Crippen molar-refractivity contribution in [3.63, 3.8) is 0 Å². The Bertz CT molecular complexity index is 790. The van der Waals surface area contributed by atoms with Crippen molar-refractivity contribution in [3.8, 4) is 11.4 Å². The Morgan fingerprint density at radius 2 is 2.10 bits per heavy atom. The van der Waals surface area contributed by atoms with Gasteiger partial charge in [0.15, 0.2) is 6.20 Å². The van der Waals surface area contributed by atoms with E-state index in [1.54, 1.807) is 0 Å². The van der Waals surface area contributed by atoms with E-state index in [2.05, 4.69) is 57.1 Å². The molecule has 0 aromatic carbocycles. The molecular formula is C17H21N4+. The molecule has 0 N–H and O–H groups in total. The van der Waals surface area contributed by atoms with E-state index in [9.17, 15) is 0 Å². The SMILES string of the molecule is Cn1c(-c2cc(C3CCCC3)cc[n+]2C)cn2ccnc12. The molecule has 4 heteroatoms. The summed E-state index contributed by atoms with van der Waals surface area (Å²) in [6.07, 6.45) is 13.6. The normalized spacial score (nSPS) is 16.1. The van der Waals surface area contributed by atoms with Crippen LogP contribution in [-0.4, -0.2) is 14.0 Å². The fourth-order valence-corrected chi connectivity index (χ4v) is 3.58. The summed E-state index contributed by atoms with van der Waals surface area (Å²) in [5, 5.41) is 0. The van der Waals surface area contributed by atoms with Gasteiger partial charge in [0.2, 0.25) is 11.5 Å². The van der Waals surface area contributed by atoms with E-state index in [1.165, 1.54) is 42.6 Å². The van der Waals surface area contributed by atoms with Crippen LogP contribution in [0.4, 0.5) is 0 Å². The van der Waals surface area contributed by atoms with Crippen molar-refractivity contribution in [3.05, 3.63) is 42.5 Å². The minimum atomic E-state index is 0.745. The molecule has 0 atom stereocenters. The Morgan fingerprint density at radius 1 is 1.29 bits per heavy atom. The van der Waals surface area contributed by atoms with E-state index in [0.717, 1.165) is 11.7 Å². The predicted octanol–water partition coefficient (Wildman–Crippen LogP) is 2.82. The van der Waals surface area contributed by atoms with Gasteiger partial charge in [0, 0.05) is 37.8 Å². The molecule has 3 aromatic rings. The molecule has 1 aliphatic rings. The van der Waals surface area contributed by atoms with Crippen molar-refractivity contribution in [1.82, 2.24) is 14.0 Å². The first-order valence-corrected chi connectivity index (χ1v) is 7.72. The smallest absolute Gasteiger partial charge is 0.230 e. The molecule has 4 rings (SSSR count). The van der Waals surface area contributed by atoms with E-state index >= 15 is 0 Å². The first kappa shape index (κ1) is 12.6. The molecule has 0 amide bonds. The molecular weight excluding hydrogens is 260 g/mol. The number of hydrogen-bond donors (Lipinski definition) is 0. The van der Waals surface area contributed by atoms with Gasteiger partial charge in [-0.3, -0.25) is 4.40 Å². The second kappa shape index (κ2) is 4.72. The molecule has 0 radical (unpaired) electrons. The van der Waals surface area contributed by atoms with E-state index in [4.69, 9.17) is 0 Å². The van der Waals surface area contributed by atoms with Crippen LogP contribution in [0.5, 0.6) is 0 Å². The number of pyridine rings is 1. The molecule has 1 saturated carbocycles. The van der Waals surface area contributed by atoms with Gasteiger partial charge in [-0.25, -0.2) is 4.98 Å². The average Bonchev–Trinajstić information content (AvgIpc) is 3.19. The molecule has 0 spiro atoms. The van der Waals surface area contributed by atoms with E-state index in [-0.39, 0.29) is 0 Å². The van der Waals surface area contributed by atoms with Gasteiger partial charge in [-0.1, -0.05) is 12.8 Å². The second-order valence-corrected chi connectivity index (χ2v) is 6.15. The maximum absolute atomic E-state index is 4.41. The van der Waals surface area contributed by atoms with E-state index < -0.39 is 0 Å². The number of aryl methyl sites for hydroxylation is 2. The average molecular weight is 281 g/mol. The molecule has 3 aromatic heterocycles. The lowest BCUT2D eigenvalue weighted by atomic mass is 9.97. The van der Waals surface area contributed by atoms with Crippen molar-refractivity contribution in [2.24, 2.45) is 14.1 Å². The fourth-order valence-electron chi connectivity index (χ4n) is 3.58. The monoisotopic (exact) mass is 281 g/mol. The largest absolute Gasteiger partial charge is 0.308 e. The molecule has 3 heterocycles. The Morgan fingerprint density at radius 3 is 2.86 bits per heavy atom. The highest BCUT2D eigenvalue weighted by Crippen LogP contribution is 2.34. The fraction of sp³-hybridized carbons (Fsp3) is 0.412. The summed E-state index contributed by atoms with van der Waals surface area (Å²) < 4.78 is 6.44. The number of hydrogen-bond acceptors (Lipinski definition) is 1. The minimum absolute atomic E-state index is 0.745. The number of rotatable bonds is 2. The Balaban J connectivity index is 1.84. The third kappa shape index (κ3) is 1.97. The predicted molar refractivity (Wildman–Crippen MR) is 82.0 cm³/mol. The molecule has 1 aliphatic carbocycles. The zero-order valence-corrected chi connectivity index (χ0v) is 12.7. The van der Waals surface area contributed by atoms with Gasteiger partial charge in [0.05, 0.1) is 0 Å². The lowest BCUT2D eigenvalue weighted by Gasteiger charge is -2.10. The molecule has 0 bridgehead atoms. The van der Waals surface area contributed by atoms with Crippen LogP contribution in [0.15, 0.2) is 36.9 Å². The number of aromatic nitrogens is 4. The van der Waals surface area contributed by atoms with Gasteiger partial charge in [0.25, 0.3) is 0 Å². The summed E-state index contributed by atoms with van der Waals surface area (Å²) in [5.41, 5.74) is 3.95. The third-order valence-electron chi connectivity index (χ3n) is 4.83. The first-order chi connectivity index (χ1) is 10.2. The van der Waals surface area contributed by atoms with Crippen LogP contribution in [0.2, 0.25) is 0 Å². The highest BCUT2D eigenvalue weighted by molar-refractivity contribution is 5.57. The van der Waals surface area contributed by atoms with Crippen LogP contribution in [0.3, 0.4) is 0 Å². The highest BCUT2D eigenvalue weighted by Gasteiger charge is 2.22. The molecule has 0 unspecified atom stereocenters. The number of fused-ring (bicyclic) bond motifs is 1. The molecule has 4 nitrogen and oxygen atoms in total. The van der Waals surface area contributed by atoms with Crippen LogP contribution in [0.25, 0.3) is 17.2 Å². The van der Waals surface area contributed by atoms with Crippen molar-refractivity contribution >= 4 is 5.78 Å². The van der Waals surface area contributed by atoms with Gasteiger partial charge >= 0.3 is 0 Å². The maximum atomic E-state index is 4.41. The summed E-state index contributed by atoms with van der Waals surface area (Å²) in [7, 11) is 4.20. The Kier molecular flexibility index (Phi) is 2.84. The first-order valence-electron chi connectivity index (χ1n) is 7.72. The van der Waals surface area contributed by atoms with E-state index in [1.807, 2.05) is 12.4 Å². The van der Waals surface area contributed by atoms with Crippen molar-refractivity contribution < 1.29 is 4.57 Å². The third-order valence-corrected chi connectivity index (χ3v) is 4.83. The molecule has 0 aliphatic heterocycles. The molecule has 1 fully saturated rings. The van der Waals surface area contributed by atoms with Crippen LogP contribution >= 0.6 is 0 Å². The van der Waals surface area contributed by atoms with Crippen LogP contribution < -0.4 is 4.57 Å². The summed E-state index contributed by atoms with van der Waals surface area (Å²) in [6, 6.07) is 4.65. The second-order valence-electron chi connectivity index (χ2n) is 6.15. The quantitative estimate of drug-likeness (QED) is 0.663. The maximum Gasteiger partial charge on any atom is 0.230 e. The number of nitrogens with zero attached hydrogens (tertiary/aromatic N) is 4. The van der Waals surface area contributed by atoms with Crippen LogP contribution in [-0.2, 0) is 14.1 Å². The highest BCUT2D eigenvalue weighted by atomic mass is 15.2. The molecule has 21 heavy (non-hydrogen) atoms. The van der Waals surface area contributed by atoms with Gasteiger partial charge in [-0.15, -0.1) is 0 Å². The van der Waals surface area contributed by atoms with Crippen LogP contribution in [0, 0.1) is 0 Å². The number of imidazole rings is 2. The zero-order chi connectivity index (χ0) is 14.4. The Labute approximate surface area is 124 Å². The van der Waals surface area contributed by atoms with Gasteiger partial charge in [0.1, 0.15) is 12.7 Å². The van der Waals surface area contributed by atoms with Gasteiger partial charge < -0.3 is 4.57 Å². The lowest BCUT2D eigenvalue weighted by Crippen LogP contribution is -2.31.